The number of para-hydroxylation sites is 1. The molecule has 0 spiro atoms. The SMILES string of the molecule is Cc1ccccc1NC(=O)c1cc(NCCC(C)C)ncn1. The fourth-order valence-corrected chi connectivity index (χ4v) is 1.97. The van der Waals surface area contributed by atoms with Gasteiger partial charge in [0.05, 0.1) is 0 Å². The van der Waals surface area contributed by atoms with E-state index in [1.165, 1.54) is 6.33 Å². The molecule has 0 radical (unpaired) electrons. The van der Waals surface area contributed by atoms with Crippen LogP contribution in [0.4, 0.5) is 11.5 Å². The summed E-state index contributed by atoms with van der Waals surface area (Å²) in [6.45, 7) is 7.12. The normalized spacial score (nSPS) is 10.5. The Balaban J connectivity index is 2.02. The molecule has 5 nitrogen and oxygen atoms in total. The van der Waals surface area contributed by atoms with Gasteiger partial charge in [-0.05, 0) is 30.9 Å². The number of carbonyl (C=O) groups is 1. The molecule has 0 fully saturated rings. The minimum atomic E-state index is -0.233. The maximum atomic E-state index is 12.3. The van der Waals surface area contributed by atoms with Crippen LogP contribution in [0, 0.1) is 12.8 Å². The summed E-state index contributed by atoms with van der Waals surface area (Å²) >= 11 is 0. The van der Waals surface area contributed by atoms with Gasteiger partial charge in [-0.25, -0.2) is 9.97 Å². The zero-order valence-electron chi connectivity index (χ0n) is 13.3. The highest BCUT2D eigenvalue weighted by atomic mass is 16.1. The third kappa shape index (κ3) is 4.55. The fourth-order valence-electron chi connectivity index (χ4n) is 1.97. The van der Waals surface area contributed by atoms with E-state index >= 15 is 0 Å². The Morgan fingerprint density at radius 1 is 1.23 bits per heavy atom. The van der Waals surface area contributed by atoms with Gasteiger partial charge in [0.25, 0.3) is 5.91 Å². The van der Waals surface area contributed by atoms with E-state index in [-0.39, 0.29) is 5.91 Å². The number of amides is 1. The highest BCUT2D eigenvalue weighted by molar-refractivity contribution is 6.03. The van der Waals surface area contributed by atoms with Crippen LogP contribution in [0.15, 0.2) is 36.7 Å². The minimum absolute atomic E-state index is 0.233. The summed E-state index contributed by atoms with van der Waals surface area (Å²) < 4.78 is 0. The van der Waals surface area contributed by atoms with Gasteiger partial charge in [-0.2, -0.15) is 0 Å². The number of benzene rings is 1. The van der Waals surface area contributed by atoms with Crippen LogP contribution in [0.2, 0.25) is 0 Å². The zero-order chi connectivity index (χ0) is 15.9. The first-order chi connectivity index (χ1) is 10.6. The van der Waals surface area contributed by atoms with E-state index in [1.807, 2.05) is 31.2 Å². The van der Waals surface area contributed by atoms with Crippen molar-refractivity contribution in [3.63, 3.8) is 0 Å². The molecular weight excluding hydrogens is 276 g/mol. The van der Waals surface area contributed by atoms with Gasteiger partial charge in [0.1, 0.15) is 17.8 Å². The van der Waals surface area contributed by atoms with E-state index in [1.54, 1.807) is 6.07 Å². The van der Waals surface area contributed by atoms with Gasteiger partial charge < -0.3 is 10.6 Å². The standard InChI is InChI=1S/C17H22N4O/c1-12(2)8-9-18-16-10-15(19-11-20-16)17(22)21-14-7-5-4-6-13(14)3/h4-7,10-12H,8-9H2,1-3H3,(H,21,22)(H,18,19,20). The molecule has 0 aliphatic heterocycles. The molecule has 0 aliphatic carbocycles. The lowest BCUT2D eigenvalue weighted by atomic mass is 10.1. The van der Waals surface area contributed by atoms with Crippen LogP contribution in [0.25, 0.3) is 0 Å². The Morgan fingerprint density at radius 2 is 2.00 bits per heavy atom. The number of nitrogens with one attached hydrogen (secondary N) is 2. The number of aromatic nitrogens is 2. The molecule has 0 atom stereocenters. The van der Waals surface area contributed by atoms with Crippen LogP contribution < -0.4 is 10.6 Å². The van der Waals surface area contributed by atoms with Gasteiger partial charge >= 0.3 is 0 Å². The third-order valence-electron chi connectivity index (χ3n) is 3.32. The van der Waals surface area contributed by atoms with E-state index in [4.69, 9.17) is 0 Å². The molecule has 2 aromatic rings. The number of nitrogens with zero attached hydrogens (tertiary/aromatic N) is 2. The van der Waals surface area contributed by atoms with Gasteiger partial charge in [0.15, 0.2) is 0 Å². The first kappa shape index (κ1) is 15.9. The Labute approximate surface area is 131 Å². The smallest absolute Gasteiger partial charge is 0.274 e. The van der Waals surface area contributed by atoms with E-state index < -0.39 is 0 Å². The highest BCUT2D eigenvalue weighted by Gasteiger charge is 2.10. The van der Waals surface area contributed by atoms with Crippen molar-refractivity contribution in [2.75, 3.05) is 17.2 Å². The van der Waals surface area contributed by atoms with Crippen LogP contribution in [0.5, 0.6) is 0 Å². The molecular formula is C17H22N4O. The van der Waals surface area contributed by atoms with Crippen molar-refractivity contribution in [2.24, 2.45) is 5.92 Å². The second kappa shape index (κ2) is 7.54. The lowest BCUT2D eigenvalue weighted by Crippen LogP contribution is -2.15. The number of rotatable bonds is 6. The van der Waals surface area contributed by atoms with Crippen LogP contribution in [-0.2, 0) is 0 Å². The molecule has 0 saturated carbocycles. The number of anilines is 2. The molecule has 0 saturated heterocycles. The van der Waals surface area contributed by atoms with Crippen molar-refractivity contribution in [2.45, 2.75) is 27.2 Å². The quantitative estimate of drug-likeness (QED) is 0.856. The summed E-state index contributed by atoms with van der Waals surface area (Å²) in [7, 11) is 0. The summed E-state index contributed by atoms with van der Waals surface area (Å²) in [5.41, 5.74) is 2.16. The van der Waals surface area contributed by atoms with E-state index in [9.17, 15) is 4.79 Å². The number of hydrogen-bond acceptors (Lipinski definition) is 4. The van der Waals surface area contributed by atoms with Crippen LogP contribution in [0.1, 0.15) is 36.3 Å². The Morgan fingerprint density at radius 3 is 2.73 bits per heavy atom. The average Bonchev–Trinajstić information content (AvgIpc) is 2.49. The van der Waals surface area contributed by atoms with E-state index in [2.05, 4.69) is 34.4 Å². The summed E-state index contributed by atoms with van der Waals surface area (Å²) in [4.78, 5) is 20.5. The van der Waals surface area contributed by atoms with Gasteiger partial charge in [-0.1, -0.05) is 32.0 Å². The molecule has 5 heteroatoms. The van der Waals surface area contributed by atoms with Crippen molar-refractivity contribution in [3.05, 3.63) is 47.9 Å². The van der Waals surface area contributed by atoms with Gasteiger partial charge in [-0.15, -0.1) is 0 Å². The average molecular weight is 298 g/mol. The molecule has 1 amide bonds. The molecule has 22 heavy (non-hydrogen) atoms. The van der Waals surface area contributed by atoms with Crippen molar-refractivity contribution in [1.82, 2.24) is 9.97 Å². The van der Waals surface area contributed by atoms with Crippen LogP contribution in [-0.4, -0.2) is 22.4 Å². The van der Waals surface area contributed by atoms with Crippen LogP contribution in [0.3, 0.4) is 0 Å². The molecule has 116 valence electrons. The van der Waals surface area contributed by atoms with Crippen molar-refractivity contribution in [3.8, 4) is 0 Å². The predicted octanol–water partition coefficient (Wildman–Crippen LogP) is 3.50. The van der Waals surface area contributed by atoms with E-state index in [0.29, 0.717) is 17.4 Å². The van der Waals surface area contributed by atoms with Crippen molar-refractivity contribution in [1.29, 1.82) is 0 Å². The van der Waals surface area contributed by atoms with Gasteiger partial charge in [0, 0.05) is 18.3 Å². The van der Waals surface area contributed by atoms with Gasteiger partial charge in [0.2, 0.25) is 0 Å². The Kier molecular flexibility index (Phi) is 5.47. The second-order valence-corrected chi connectivity index (χ2v) is 5.67. The fraction of sp³-hybridized carbons (Fsp3) is 0.353. The third-order valence-corrected chi connectivity index (χ3v) is 3.32. The maximum Gasteiger partial charge on any atom is 0.274 e. The zero-order valence-corrected chi connectivity index (χ0v) is 13.3. The summed E-state index contributed by atoms with van der Waals surface area (Å²) in [5.74, 6) is 1.06. The summed E-state index contributed by atoms with van der Waals surface area (Å²) in [5, 5.41) is 6.09. The van der Waals surface area contributed by atoms with Crippen molar-refractivity contribution < 1.29 is 4.79 Å². The molecule has 2 rings (SSSR count). The topological polar surface area (TPSA) is 66.9 Å². The number of aryl methyl sites for hydroxylation is 1. The monoisotopic (exact) mass is 298 g/mol. The van der Waals surface area contributed by atoms with E-state index in [0.717, 1.165) is 24.2 Å². The molecule has 2 N–H and O–H groups in total. The molecule has 1 aromatic carbocycles. The van der Waals surface area contributed by atoms with Gasteiger partial charge in [-0.3, -0.25) is 4.79 Å². The molecule has 0 unspecified atom stereocenters. The molecule has 0 aliphatic rings. The summed E-state index contributed by atoms with van der Waals surface area (Å²) in [6.07, 6.45) is 2.46. The second-order valence-electron chi connectivity index (χ2n) is 5.67. The first-order valence-electron chi connectivity index (χ1n) is 7.49. The lowest BCUT2D eigenvalue weighted by molar-refractivity contribution is 0.102. The Bertz CT molecular complexity index is 640. The first-order valence-corrected chi connectivity index (χ1v) is 7.49. The Hall–Kier alpha value is -2.43. The largest absolute Gasteiger partial charge is 0.370 e. The molecule has 1 aromatic heterocycles. The summed E-state index contributed by atoms with van der Waals surface area (Å²) in [6, 6.07) is 9.33. The predicted molar refractivity (Wildman–Crippen MR) is 89.1 cm³/mol. The number of carbonyl (C=O) groups excluding carboxylic acids is 1. The minimum Gasteiger partial charge on any atom is -0.370 e. The lowest BCUT2D eigenvalue weighted by Gasteiger charge is -2.10. The van der Waals surface area contributed by atoms with Crippen LogP contribution >= 0.6 is 0 Å². The number of hydrogen-bond donors (Lipinski definition) is 2. The maximum absolute atomic E-state index is 12.3. The van der Waals surface area contributed by atoms with Crippen molar-refractivity contribution >= 4 is 17.4 Å². The molecule has 0 bridgehead atoms. The highest BCUT2D eigenvalue weighted by Crippen LogP contribution is 2.14. The molecule has 1 heterocycles.